The van der Waals surface area contributed by atoms with Gasteiger partial charge >= 0.3 is 6.18 Å². The summed E-state index contributed by atoms with van der Waals surface area (Å²) in [5.41, 5.74) is -0.325. The highest BCUT2D eigenvalue weighted by atomic mass is 79.9. The summed E-state index contributed by atoms with van der Waals surface area (Å²) in [6, 6.07) is 4.50. The van der Waals surface area contributed by atoms with E-state index in [4.69, 9.17) is 10.1 Å². The van der Waals surface area contributed by atoms with E-state index in [1.807, 2.05) is 5.32 Å². The number of ether oxygens (including phenoxy) is 1. The van der Waals surface area contributed by atoms with Gasteiger partial charge in [-0.15, -0.1) is 0 Å². The molecule has 0 atom stereocenters. The number of halogens is 5. The fraction of sp³-hybridized carbons (Fsp3) is 0.429. The van der Waals surface area contributed by atoms with Crippen LogP contribution in [0.2, 0.25) is 19.1 Å². The summed E-state index contributed by atoms with van der Waals surface area (Å²) in [7, 11) is -0.831. The van der Waals surface area contributed by atoms with Crippen molar-refractivity contribution >= 4 is 36.4 Å². The second-order valence-electron chi connectivity index (χ2n) is 5.34. The Morgan fingerprint density at radius 1 is 1.38 bits per heavy atom. The van der Waals surface area contributed by atoms with Crippen LogP contribution in [0.15, 0.2) is 27.7 Å². The summed E-state index contributed by atoms with van der Waals surface area (Å²) >= 11 is 3.03. The molecule has 0 unspecified atom stereocenters. The first-order chi connectivity index (χ1) is 11.1. The van der Waals surface area contributed by atoms with Gasteiger partial charge in [0, 0.05) is 19.9 Å². The van der Waals surface area contributed by atoms with Crippen LogP contribution >= 0.6 is 15.9 Å². The van der Waals surface area contributed by atoms with Gasteiger partial charge in [0.1, 0.15) is 12.5 Å². The molecule has 0 saturated heterocycles. The number of hydrogen-bond donors (Lipinski definition) is 2. The van der Waals surface area contributed by atoms with Crippen molar-refractivity contribution in [3.63, 3.8) is 0 Å². The molecule has 0 aromatic heterocycles. The fourth-order valence-corrected chi connectivity index (χ4v) is 2.54. The third-order valence-corrected chi connectivity index (χ3v) is 4.74. The largest absolute Gasteiger partial charge is 0.449 e. The average Bonchev–Trinajstić information content (AvgIpc) is 2.43. The van der Waals surface area contributed by atoms with Crippen molar-refractivity contribution in [1.29, 1.82) is 5.41 Å². The van der Waals surface area contributed by atoms with Gasteiger partial charge in [-0.25, -0.2) is 9.38 Å². The second-order valence-corrected chi connectivity index (χ2v) is 9.62. The maximum absolute atomic E-state index is 13.7. The molecule has 10 heteroatoms. The van der Waals surface area contributed by atoms with E-state index < -0.39 is 32.5 Å². The number of rotatable bonds is 6. The van der Waals surface area contributed by atoms with E-state index >= 15 is 0 Å². The van der Waals surface area contributed by atoms with Crippen LogP contribution in [-0.2, 0) is 4.74 Å². The molecule has 0 aliphatic carbocycles. The maximum Gasteiger partial charge on any atom is 0.449 e. The van der Waals surface area contributed by atoms with Crippen LogP contribution in [0.1, 0.15) is 5.56 Å². The molecular formula is C14H18BrF4N3OSi. The van der Waals surface area contributed by atoms with E-state index in [-0.39, 0.29) is 12.3 Å². The lowest BCUT2D eigenvalue weighted by Crippen LogP contribution is -2.39. The molecule has 0 amide bonds. The molecule has 24 heavy (non-hydrogen) atoms. The van der Waals surface area contributed by atoms with E-state index in [0.717, 1.165) is 12.1 Å². The number of nitrogens with one attached hydrogen (secondary N) is 2. The fourth-order valence-electron chi connectivity index (χ4n) is 1.57. The van der Waals surface area contributed by atoms with Gasteiger partial charge < -0.3 is 10.1 Å². The van der Waals surface area contributed by atoms with Crippen molar-refractivity contribution in [3.05, 3.63) is 34.1 Å². The topological polar surface area (TPSA) is 57.5 Å². The standard InChI is InChI=1S/C14H18BrF4N3OSi/c1-24(2)6-5-23-8-21-13(14(17,18)19)22-12(20)10-4-3-9(15)7-11(10)16/h3-4,7,24H,5-6,8H2,1-2H3,(H2,20,21,22). The Kier molecular flexibility index (Phi) is 8.04. The quantitative estimate of drug-likeness (QED) is 0.180. The van der Waals surface area contributed by atoms with Crippen LogP contribution in [0.4, 0.5) is 17.6 Å². The normalized spacial score (nSPS) is 12.6. The van der Waals surface area contributed by atoms with Crippen LogP contribution in [-0.4, -0.2) is 40.0 Å². The first kappa shape index (κ1) is 20.8. The lowest BCUT2D eigenvalue weighted by atomic mass is 10.2. The maximum atomic E-state index is 13.7. The Hall–Kier alpha value is -1.26. The van der Waals surface area contributed by atoms with Crippen molar-refractivity contribution < 1.29 is 22.3 Å². The zero-order chi connectivity index (χ0) is 18.3. The van der Waals surface area contributed by atoms with Gasteiger partial charge in [-0.3, -0.25) is 5.41 Å². The smallest absolute Gasteiger partial charge is 0.362 e. The van der Waals surface area contributed by atoms with Crippen LogP contribution in [0.25, 0.3) is 0 Å². The molecule has 1 aromatic rings. The van der Waals surface area contributed by atoms with Crippen LogP contribution in [0.3, 0.4) is 0 Å². The number of aliphatic imine (C=N–C) groups is 1. The van der Waals surface area contributed by atoms with Gasteiger partial charge in [0.05, 0.1) is 5.56 Å². The molecule has 0 saturated carbocycles. The minimum Gasteiger partial charge on any atom is -0.362 e. The third kappa shape index (κ3) is 7.10. The second kappa shape index (κ2) is 9.28. The molecule has 0 radical (unpaired) electrons. The predicted molar refractivity (Wildman–Crippen MR) is 92.1 cm³/mol. The Labute approximate surface area is 147 Å². The average molecular weight is 428 g/mol. The molecular weight excluding hydrogens is 410 g/mol. The van der Waals surface area contributed by atoms with Gasteiger partial charge in [-0.2, -0.15) is 13.2 Å². The molecule has 4 nitrogen and oxygen atoms in total. The molecule has 1 rings (SSSR count). The zero-order valence-electron chi connectivity index (χ0n) is 13.2. The highest BCUT2D eigenvalue weighted by Gasteiger charge is 2.36. The molecule has 1 aromatic carbocycles. The number of hydrogen-bond acceptors (Lipinski definition) is 2. The molecule has 0 fully saturated rings. The Bertz CT molecular complexity index is 608. The molecule has 0 aliphatic heterocycles. The van der Waals surface area contributed by atoms with E-state index in [9.17, 15) is 17.6 Å². The lowest BCUT2D eigenvalue weighted by molar-refractivity contribution is -0.0632. The van der Waals surface area contributed by atoms with E-state index in [2.05, 4.69) is 34.0 Å². The molecule has 0 spiro atoms. The first-order valence-electron chi connectivity index (χ1n) is 7.12. The van der Waals surface area contributed by atoms with E-state index in [0.29, 0.717) is 11.1 Å². The minimum absolute atomic E-state index is 0.325. The van der Waals surface area contributed by atoms with Crippen LogP contribution in [0, 0.1) is 11.2 Å². The van der Waals surface area contributed by atoms with Crippen molar-refractivity contribution in [2.45, 2.75) is 25.3 Å². The van der Waals surface area contributed by atoms with Crippen molar-refractivity contribution in [2.24, 2.45) is 4.99 Å². The number of benzene rings is 1. The summed E-state index contributed by atoms with van der Waals surface area (Å²) in [6.07, 6.45) is -4.80. The number of alkyl halides is 3. The Morgan fingerprint density at radius 3 is 2.58 bits per heavy atom. The Morgan fingerprint density at radius 2 is 2.04 bits per heavy atom. The highest BCUT2D eigenvalue weighted by Crippen LogP contribution is 2.19. The SMILES string of the molecule is C[SiH](C)CCOCN/C(=N\C(=N)c1ccc(Br)cc1F)C(F)(F)F. The number of amidine groups is 2. The first-order valence-corrected chi connectivity index (χ1v) is 11.0. The zero-order valence-corrected chi connectivity index (χ0v) is 15.9. The molecule has 0 heterocycles. The minimum atomic E-state index is -4.80. The van der Waals surface area contributed by atoms with Gasteiger partial charge in [0.15, 0.2) is 5.84 Å². The molecule has 2 N–H and O–H groups in total. The number of nitrogens with zero attached hydrogens (tertiary/aromatic N) is 1. The van der Waals surface area contributed by atoms with Gasteiger partial charge in [-0.05, 0) is 24.2 Å². The Balaban J connectivity index is 2.80. The molecule has 134 valence electrons. The summed E-state index contributed by atoms with van der Waals surface area (Å²) in [5, 5.41) is 9.62. The predicted octanol–water partition coefficient (Wildman–Crippen LogP) is 3.92. The summed E-state index contributed by atoms with van der Waals surface area (Å²) in [4.78, 5) is 3.18. The van der Waals surface area contributed by atoms with Crippen molar-refractivity contribution in [2.75, 3.05) is 13.3 Å². The summed E-state index contributed by atoms with van der Waals surface area (Å²) in [6.45, 7) is 4.19. The van der Waals surface area contributed by atoms with Crippen molar-refractivity contribution in [1.82, 2.24) is 5.32 Å². The van der Waals surface area contributed by atoms with Gasteiger partial charge in [-0.1, -0.05) is 29.0 Å². The monoisotopic (exact) mass is 427 g/mol. The van der Waals surface area contributed by atoms with Crippen molar-refractivity contribution in [3.8, 4) is 0 Å². The molecule has 0 bridgehead atoms. The van der Waals surface area contributed by atoms with Crippen LogP contribution < -0.4 is 5.32 Å². The van der Waals surface area contributed by atoms with E-state index in [1.165, 1.54) is 12.1 Å². The van der Waals surface area contributed by atoms with Crippen LogP contribution in [0.5, 0.6) is 0 Å². The molecule has 0 aliphatic rings. The summed E-state index contributed by atoms with van der Waals surface area (Å²) < 4.78 is 58.1. The lowest BCUT2D eigenvalue weighted by Gasteiger charge is -2.14. The summed E-state index contributed by atoms with van der Waals surface area (Å²) in [5.74, 6) is -3.05. The highest BCUT2D eigenvalue weighted by molar-refractivity contribution is 9.10. The van der Waals surface area contributed by atoms with Gasteiger partial charge in [0.2, 0.25) is 5.84 Å². The third-order valence-electron chi connectivity index (χ3n) is 2.86. The van der Waals surface area contributed by atoms with E-state index in [1.54, 1.807) is 0 Å². The van der Waals surface area contributed by atoms with Gasteiger partial charge in [0.25, 0.3) is 0 Å².